The molecule has 0 radical (unpaired) electrons. The Morgan fingerprint density at radius 1 is 1.30 bits per heavy atom. The minimum atomic E-state index is 0.378. The zero-order valence-electron chi connectivity index (χ0n) is 13.0. The second-order valence-electron chi connectivity index (χ2n) is 5.35. The highest BCUT2D eigenvalue weighted by Gasteiger charge is 2.12. The fraction of sp³-hybridized carbons (Fsp3) is 0.529. The summed E-state index contributed by atoms with van der Waals surface area (Å²) in [5, 5.41) is 0. The van der Waals surface area contributed by atoms with Crippen molar-refractivity contribution in [1.82, 2.24) is 4.90 Å². The van der Waals surface area contributed by atoms with Crippen molar-refractivity contribution in [3.63, 3.8) is 0 Å². The molecule has 0 bridgehead atoms. The van der Waals surface area contributed by atoms with Crippen molar-refractivity contribution in [2.75, 3.05) is 26.7 Å². The molecule has 0 aliphatic heterocycles. The third-order valence-electron chi connectivity index (χ3n) is 3.54. The van der Waals surface area contributed by atoms with E-state index in [0.717, 1.165) is 17.9 Å². The van der Waals surface area contributed by atoms with Crippen molar-refractivity contribution < 1.29 is 4.74 Å². The molecule has 1 aromatic rings. The standard InChI is InChI=1S/C17H26N2O/c1-14(2)15(3)19(4)11-12-20-17-9-5-7-16(13-17)8-6-10-18/h5,7,9,13-15H,10-12,18H2,1-4H3. The first-order chi connectivity index (χ1) is 9.54. The van der Waals surface area contributed by atoms with Gasteiger partial charge in [-0.2, -0.15) is 0 Å². The summed E-state index contributed by atoms with van der Waals surface area (Å²) in [6.07, 6.45) is 0. The van der Waals surface area contributed by atoms with E-state index in [2.05, 4.69) is 44.6 Å². The summed E-state index contributed by atoms with van der Waals surface area (Å²) in [5.41, 5.74) is 6.31. The molecule has 0 amide bonds. The fourth-order valence-corrected chi connectivity index (χ4v) is 1.84. The van der Waals surface area contributed by atoms with E-state index in [1.165, 1.54) is 0 Å². The van der Waals surface area contributed by atoms with Gasteiger partial charge in [-0.1, -0.05) is 31.8 Å². The smallest absolute Gasteiger partial charge is 0.120 e. The molecule has 0 aromatic heterocycles. The molecule has 0 aliphatic rings. The van der Waals surface area contributed by atoms with Crippen molar-refractivity contribution in [3.05, 3.63) is 29.8 Å². The van der Waals surface area contributed by atoms with E-state index in [0.29, 0.717) is 25.1 Å². The van der Waals surface area contributed by atoms with Crippen LogP contribution in [-0.2, 0) is 0 Å². The maximum absolute atomic E-state index is 5.79. The molecule has 1 atom stereocenters. The van der Waals surface area contributed by atoms with Crippen LogP contribution in [0.15, 0.2) is 24.3 Å². The molecule has 3 nitrogen and oxygen atoms in total. The summed E-state index contributed by atoms with van der Waals surface area (Å²) >= 11 is 0. The van der Waals surface area contributed by atoms with Crippen LogP contribution in [0.5, 0.6) is 5.75 Å². The van der Waals surface area contributed by atoms with Gasteiger partial charge in [0.1, 0.15) is 12.4 Å². The molecule has 0 aliphatic carbocycles. The summed E-state index contributed by atoms with van der Waals surface area (Å²) in [4.78, 5) is 2.32. The van der Waals surface area contributed by atoms with Gasteiger partial charge in [-0.3, -0.25) is 0 Å². The van der Waals surface area contributed by atoms with E-state index in [1.54, 1.807) is 0 Å². The maximum Gasteiger partial charge on any atom is 0.120 e. The number of hydrogen-bond acceptors (Lipinski definition) is 3. The highest BCUT2D eigenvalue weighted by atomic mass is 16.5. The van der Waals surface area contributed by atoms with Crippen molar-refractivity contribution >= 4 is 0 Å². The van der Waals surface area contributed by atoms with Crippen molar-refractivity contribution in [2.24, 2.45) is 11.7 Å². The minimum Gasteiger partial charge on any atom is -0.492 e. The lowest BCUT2D eigenvalue weighted by Gasteiger charge is -2.27. The van der Waals surface area contributed by atoms with E-state index < -0.39 is 0 Å². The summed E-state index contributed by atoms with van der Waals surface area (Å²) < 4.78 is 5.79. The second-order valence-corrected chi connectivity index (χ2v) is 5.35. The molecule has 1 aromatic carbocycles. The van der Waals surface area contributed by atoms with Gasteiger partial charge in [0.2, 0.25) is 0 Å². The Morgan fingerprint density at radius 2 is 2.05 bits per heavy atom. The summed E-state index contributed by atoms with van der Waals surface area (Å²) in [6.45, 7) is 8.69. The first-order valence-electron chi connectivity index (χ1n) is 7.16. The van der Waals surface area contributed by atoms with E-state index in [-0.39, 0.29) is 0 Å². The van der Waals surface area contributed by atoms with Crippen LogP contribution in [-0.4, -0.2) is 37.7 Å². The minimum absolute atomic E-state index is 0.378. The van der Waals surface area contributed by atoms with Gasteiger partial charge in [-0.25, -0.2) is 0 Å². The molecule has 20 heavy (non-hydrogen) atoms. The highest BCUT2D eigenvalue weighted by molar-refractivity contribution is 5.39. The quantitative estimate of drug-likeness (QED) is 0.809. The number of ether oxygens (including phenoxy) is 1. The van der Waals surface area contributed by atoms with Crippen LogP contribution >= 0.6 is 0 Å². The van der Waals surface area contributed by atoms with Gasteiger partial charge < -0.3 is 15.4 Å². The number of likely N-dealkylation sites (N-methyl/N-ethyl adjacent to an activating group) is 1. The monoisotopic (exact) mass is 274 g/mol. The molecule has 0 saturated heterocycles. The molecule has 0 saturated carbocycles. The molecule has 1 rings (SSSR count). The number of nitrogens with zero attached hydrogens (tertiary/aromatic N) is 1. The van der Waals surface area contributed by atoms with Crippen LogP contribution in [0.3, 0.4) is 0 Å². The Hall–Kier alpha value is -1.50. The van der Waals surface area contributed by atoms with E-state index in [1.807, 2.05) is 24.3 Å². The Labute approximate surface area is 123 Å². The van der Waals surface area contributed by atoms with Crippen LogP contribution in [0, 0.1) is 17.8 Å². The SMILES string of the molecule is CC(C)C(C)N(C)CCOc1cccc(C#CCN)c1. The van der Waals surface area contributed by atoms with Gasteiger partial charge in [0.15, 0.2) is 0 Å². The molecular formula is C17H26N2O. The van der Waals surface area contributed by atoms with Crippen molar-refractivity contribution in [2.45, 2.75) is 26.8 Å². The molecule has 3 heteroatoms. The van der Waals surface area contributed by atoms with Gasteiger partial charge in [0.05, 0.1) is 6.54 Å². The van der Waals surface area contributed by atoms with Crippen LogP contribution in [0.1, 0.15) is 26.3 Å². The third kappa shape index (κ3) is 5.64. The Bertz CT molecular complexity index is 460. The van der Waals surface area contributed by atoms with Gasteiger partial charge in [0, 0.05) is 18.2 Å². The van der Waals surface area contributed by atoms with Crippen molar-refractivity contribution in [3.8, 4) is 17.6 Å². The van der Waals surface area contributed by atoms with Crippen LogP contribution < -0.4 is 10.5 Å². The summed E-state index contributed by atoms with van der Waals surface area (Å²) in [5.74, 6) is 7.37. The highest BCUT2D eigenvalue weighted by Crippen LogP contribution is 2.13. The zero-order chi connectivity index (χ0) is 15.0. The molecular weight excluding hydrogens is 248 g/mol. The lowest BCUT2D eigenvalue weighted by Crippen LogP contribution is -2.36. The molecule has 2 N–H and O–H groups in total. The molecule has 110 valence electrons. The fourth-order valence-electron chi connectivity index (χ4n) is 1.84. The second kappa shape index (κ2) is 8.63. The molecule has 0 fully saturated rings. The van der Waals surface area contributed by atoms with E-state index >= 15 is 0 Å². The first kappa shape index (κ1) is 16.6. The lowest BCUT2D eigenvalue weighted by molar-refractivity contribution is 0.170. The average molecular weight is 274 g/mol. The predicted octanol–water partition coefficient (Wildman–Crippen LogP) is 2.35. The summed E-state index contributed by atoms with van der Waals surface area (Å²) in [6, 6.07) is 8.38. The normalized spacial score (nSPS) is 12.2. The van der Waals surface area contributed by atoms with Crippen LogP contribution in [0.2, 0.25) is 0 Å². The maximum atomic E-state index is 5.79. The lowest BCUT2D eigenvalue weighted by atomic mass is 10.1. The van der Waals surface area contributed by atoms with Crippen molar-refractivity contribution in [1.29, 1.82) is 0 Å². The number of nitrogens with two attached hydrogens (primary N) is 1. The Kier molecular flexibility index (Phi) is 7.14. The van der Waals surface area contributed by atoms with Gasteiger partial charge in [0.25, 0.3) is 0 Å². The van der Waals surface area contributed by atoms with E-state index in [9.17, 15) is 0 Å². The van der Waals surface area contributed by atoms with Gasteiger partial charge in [-0.05, 0) is 38.1 Å². The third-order valence-corrected chi connectivity index (χ3v) is 3.54. The topological polar surface area (TPSA) is 38.5 Å². The zero-order valence-corrected chi connectivity index (χ0v) is 13.0. The van der Waals surface area contributed by atoms with Crippen LogP contribution in [0.25, 0.3) is 0 Å². The average Bonchev–Trinajstić information content (AvgIpc) is 2.44. The first-order valence-corrected chi connectivity index (χ1v) is 7.16. The number of rotatable bonds is 6. The molecule has 0 heterocycles. The van der Waals surface area contributed by atoms with Crippen LogP contribution in [0.4, 0.5) is 0 Å². The summed E-state index contributed by atoms with van der Waals surface area (Å²) in [7, 11) is 2.14. The number of benzene rings is 1. The predicted molar refractivity (Wildman–Crippen MR) is 84.8 cm³/mol. The molecule has 1 unspecified atom stereocenters. The Morgan fingerprint density at radius 3 is 2.70 bits per heavy atom. The van der Waals surface area contributed by atoms with Gasteiger partial charge in [-0.15, -0.1) is 0 Å². The molecule has 0 spiro atoms. The Balaban J connectivity index is 2.46. The number of hydrogen-bond donors (Lipinski definition) is 1. The van der Waals surface area contributed by atoms with Gasteiger partial charge >= 0.3 is 0 Å². The van der Waals surface area contributed by atoms with E-state index in [4.69, 9.17) is 10.5 Å². The largest absolute Gasteiger partial charge is 0.492 e.